The molecule has 20 heavy (non-hydrogen) atoms. The molecule has 0 radical (unpaired) electrons. The van der Waals surface area contributed by atoms with Gasteiger partial charge >= 0.3 is 12.1 Å². The van der Waals surface area contributed by atoms with Crippen molar-refractivity contribution in [3.8, 4) is 0 Å². The van der Waals surface area contributed by atoms with Crippen LogP contribution in [-0.4, -0.2) is 43.3 Å². The second-order valence-electron chi connectivity index (χ2n) is 5.64. The fourth-order valence-electron chi connectivity index (χ4n) is 3.36. The highest BCUT2D eigenvalue weighted by atomic mass is 16.6. The fourth-order valence-corrected chi connectivity index (χ4v) is 3.36. The maximum absolute atomic E-state index is 12.1. The summed E-state index contributed by atoms with van der Waals surface area (Å²) < 4.78 is 9.91. The molecule has 0 aromatic heterocycles. The predicted octanol–water partition coefficient (Wildman–Crippen LogP) is 2.36. The summed E-state index contributed by atoms with van der Waals surface area (Å²) in [5.74, 6) is 0.532. The van der Waals surface area contributed by atoms with E-state index in [1.54, 1.807) is 6.92 Å². The second-order valence-corrected chi connectivity index (χ2v) is 5.64. The molecule has 1 saturated carbocycles. The summed E-state index contributed by atoms with van der Waals surface area (Å²) in [7, 11) is 1.35. The zero-order valence-electron chi connectivity index (χ0n) is 12.3. The minimum atomic E-state index is -0.519. The van der Waals surface area contributed by atoms with Crippen molar-refractivity contribution in [1.82, 2.24) is 4.90 Å². The second kappa shape index (κ2) is 6.29. The summed E-state index contributed by atoms with van der Waals surface area (Å²) in [6.45, 7) is 6.73. The third-order valence-corrected chi connectivity index (χ3v) is 4.39. The molecule has 2 aliphatic rings. The van der Waals surface area contributed by atoms with Gasteiger partial charge in [0.2, 0.25) is 0 Å². The van der Waals surface area contributed by atoms with Crippen LogP contribution in [0.25, 0.3) is 0 Å². The number of esters is 1. The van der Waals surface area contributed by atoms with Crippen molar-refractivity contribution in [1.29, 1.82) is 0 Å². The minimum absolute atomic E-state index is 0.325. The Hall–Kier alpha value is -1.52. The van der Waals surface area contributed by atoms with Crippen LogP contribution in [0.4, 0.5) is 4.79 Å². The van der Waals surface area contributed by atoms with E-state index in [0.29, 0.717) is 31.4 Å². The molecule has 1 amide bonds. The Labute approximate surface area is 119 Å². The Bertz CT molecular complexity index is 407. The third kappa shape index (κ3) is 2.97. The molecule has 1 aliphatic carbocycles. The van der Waals surface area contributed by atoms with Crippen molar-refractivity contribution in [3.05, 3.63) is 12.2 Å². The van der Waals surface area contributed by atoms with Crippen LogP contribution in [0.1, 0.15) is 32.6 Å². The first-order valence-electron chi connectivity index (χ1n) is 7.24. The molecule has 5 heteroatoms. The lowest BCUT2D eigenvalue weighted by Gasteiger charge is -2.44. The minimum Gasteiger partial charge on any atom is -0.464 e. The number of nitrogens with zero attached hydrogens (tertiary/aromatic N) is 1. The lowest BCUT2D eigenvalue weighted by Crippen LogP contribution is -2.54. The Morgan fingerprint density at radius 2 is 2.15 bits per heavy atom. The average Bonchev–Trinajstić information content (AvgIpc) is 2.45. The van der Waals surface area contributed by atoms with Crippen LogP contribution in [0.5, 0.6) is 0 Å². The first-order chi connectivity index (χ1) is 9.56. The molecule has 0 bridgehead atoms. The van der Waals surface area contributed by atoms with E-state index in [1.807, 2.05) is 0 Å². The molecule has 0 aromatic rings. The summed E-state index contributed by atoms with van der Waals surface area (Å²) in [4.78, 5) is 25.5. The molecular weight excluding hydrogens is 258 g/mol. The third-order valence-electron chi connectivity index (χ3n) is 4.39. The topological polar surface area (TPSA) is 55.8 Å². The Balaban J connectivity index is 2.15. The number of piperidine rings is 1. The van der Waals surface area contributed by atoms with Crippen molar-refractivity contribution in [2.24, 2.45) is 11.8 Å². The van der Waals surface area contributed by atoms with Crippen LogP contribution in [-0.2, 0) is 14.3 Å². The van der Waals surface area contributed by atoms with Gasteiger partial charge in [-0.15, -0.1) is 0 Å². The fraction of sp³-hybridized carbons (Fsp3) is 0.733. The average molecular weight is 281 g/mol. The summed E-state index contributed by atoms with van der Waals surface area (Å²) >= 11 is 0. The van der Waals surface area contributed by atoms with Crippen molar-refractivity contribution >= 4 is 12.1 Å². The predicted molar refractivity (Wildman–Crippen MR) is 74.1 cm³/mol. The maximum Gasteiger partial charge on any atom is 0.410 e. The van der Waals surface area contributed by atoms with Crippen LogP contribution < -0.4 is 0 Å². The van der Waals surface area contributed by atoms with Crippen LogP contribution >= 0.6 is 0 Å². The Morgan fingerprint density at radius 1 is 1.40 bits per heavy atom. The molecule has 0 spiro atoms. The number of hydrogen-bond acceptors (Lipinski definition) is 4. The number of amides is 1. The molecule has 0 N–H and O–H groups in total. The number of ether oxygens (including phenoxy) is 2. The van der Waals surface area contributed by atoms with E-state index in [2.05, 4.69) is 6.58 Å². The van der Waals surface area contributed by atoms with Gasteiger partial charge in [0.1, 0.15) is 6.04 Å². The highest BCUT2D eigenvalue weighted by molar-refractivity contribution is 5.81. The van der Waals surface area contributed by atoms with Crippen molar-refractivity contribution in [2.75, 3.05) is 20.3 Å². The first kappa shape index (κ1) is 14.9. The molecule has 0 aromatic carbocycles. The van der Waals surface area contributed by atoms with E-state index in [0.717, 1.165) is 19.3 Å². The number of hydrogen-bond donors (Lipinski definition) is 0. The lowest BCUT2D eigenvalue weighted by atomic mass is 9.71. The molecular formula is C15H23NO4. The van der Waals surface area contributed by atoms with Crippen LogP contribution in [0.2, 0.25) is 0 Å². The number of fused-ring (bicyclic) bond motifs is 1. The van der Waals surface area contributed by atoms with Gasteiger partial charge in [-0.2, -0.15) is 0 Å². The van der Waals surface area contributed by atoms with E-state index in [9.17, 15) is 9.59 Å². The molecule has 1 saturated heterocycles. The van der Waals surface area contributed by atoms with Crippen molar-refractivity contribution in [2.45, 2.75) is 38.6 Å². The number of allylic oxidation sites excluding steroid dienone is 1. The Kier molecular flexibility index (Phi) is 4.68. The van der Waals surface area contributed by atoms with Gasteiger partial charge in [-0.05, 0) is 44.4 Å². The SMILES string of the molecule is C=C1CC[C@H]2CN(C(=O)OC)[C@H](C(=O)OCC)C[C@H]2C1. The summed E-state index contributed by atoms with van der Waals surface area (Å²) in [6, 6.07) is -0.519. The number of carbonyl (C=O) groups is 2. The smallest absolute Gasteiger partial charge is 0.410 e. The molecule has 0 unspecified atom stereocenters. The molecule has 2 fully saturated rings. The lowest BCUT2D eigenvalue weighted by molar-refractivity contribution is -0.152. The van der Waals surface area contributed by atoms with Gasteiger partial charge in [0.25, 0.3) is 0 Å². The Morgan fingerprint density at radius 3 is 2.80 bits per heavy atom. The van der Waals surface area contributed by atoms with Gasteiger partial charge in [-0.25, -0.2) is 9.59 Å². The molecule has 112 valence electrons. The van der Waals surface area contributed by atoms with Gasteiger partial charge in [-0.3, -0.25) is 4.90 Å². The van der Waals surface area contributed by atoms with E-state index >= 15 is 0 Å². The van der Waals surface area contributed by atoms with Crippen molar-refractivity contribution < 1.29 is 19.1 Å². The molecule has 3 atom stereocenters. The molecule has 1 heterocycles. The number of likely N-dealkylation sites (tertiary alicyclic amines) is 1. The normalized spacial score (nSPS) is 29.6. The van der Waals surface area contributed by atoms with Crippen LogP contribution in [0, 0.1) is 11.8 Å². The van der Waals surface area contributed by atoms with E-state index in [4.69, 9.17) is 9.47 Å². The summed E-state index contributed by atoms with van der Waals surface area (Å²) in [5, 5.41) is 0. The van der Waals surface area contributed by atoms with Crippen molar-refractivity contribution in [3.63, 3.8) is 0 Å². The number of rotatable bonds is 2. The zero-order valence-corrected chi connectivity index (χ0v) is 12.3. The summed E-state index contributed by atoms with van der Waals surface area (Å²) in [6.07, 6.45) is 3.21. The van der Waals surface area contributed by atoms with Crippen LogP contribution in [0.15, 0.2) is 12.2 Å². The molecule has 1 aliphatic heterocycles. The summed E-state index contributed by atoms with van der Waals surface area (Å²) in [5.41, 5.74) is 1.25. The van der Waals surface area contributed by atoms with E-state index in [-0.39, 0.29) is 5.97 Å². The quantitative estimate of drug-likeness (QED) is 0.576. The van der Waals surface area contributed by atoms with Crippen LogP contribution in [0.3, 0.4) is 0 Å². The molecule has 2 rings (SSSR count). The highest BCUT2D eigenvalue weighted by Gasteiger charge is 2.43. The van der Waals surface area contributed by atoms with Gasteiger partial charge in [0.05, 0.1) is 13.7 Å². The maximum atomic E-state index is 12.1. The molecule has 5 nitrogen and oxygen atoms in total. The zero-order chi connectivity index (χ0) is 14.7. The van der Waals surface area contributed by atoms with Gasteiger partial charge < -0.3 is 9.47 Å². The van der Waals surface area contributed by atoms with Gasteiger partial charge in [-0.1, -0.05) is 12.2 Å². The van der Waals surface area contributed by atoms with E-state index in [1.165, 1.54) is 17.6 Å². The van der Waals surface area contributed by atoms with Gasteiger partial charge in [0.15, 0.2) is 0 Å². The number of carbonyl (C=O) groups excluding carboxylic acids is 2. The van der Waals surface area contributed by atoms with Gasteiger partial charge in [0, 0.05) is 6.54 Å². The highest BCUT2D eigenvalue weighted by Crippen LogP contribution is 2.40. The monoisotopic (exact) mass is 281 g/mol. The number of methoxy groups -OCH3 is 1. The van der Waals surface area contributed by atoms with E-state index < -0.39 is 12.1 Å². The largest absolute Gasteiger partial charge is 0.464 e. The first-order valence-corrected chi connectivity index (χ1v) is 7.24. The standard InChI is InChI=1S/C15H23NO4/c1-4-20-14(17)13-8-12-7-10(2)5-6-11(12)9-16(13)15(18)19-3/h11-13H,2,4-9H2,1,3H3/t11-,12+,13-/m0/s1.